The quantitative estimate of drug-likeness (QED) is 0.589. The maximum absolute atomic E-state index is 12.6. The first-order valence-electron chi connectivity index (χ1n) is 8.62. The number of carbonyl (C=O) groups excluding carboxylic acids is 2. The summed E-state index contributed by atoms with van der Waals surface area (Å²) in [6, 6.07) is 13.4. The second-order valence-electron chi connectivity index (χ2n) is 5.88. The van der Waals surface area contributed by atoms with Crippen LogP contribution >= 0.6 is 0 Å². The lowest BCUT2D eigenvalue weighted by Gasteiger charge is -2.06. The van der Waals surface area contributed by atoms with Crippen LogP contribution in [0.25, 0.3) is 0 Å². The molecule has 0 bridgehead atoms. The number of halogens is 3. The summed E-state index contributed by atoms with van der Waals surface area (Å²) >= 11 is 0. The first-order valence-corrected chi connectivity index (χ1v) is 8.62. The second kappa shape index (κ2) is 10.2. The molecule has 0 aromatic heterocycles. The lowest BCUT2D eigenvalue weighted by atomic mass is 10.1. The smallest absolute Gasteiger partial charge is 0.352 e. The molecule has 0 aliphatic rings. The number of carbonyl (C=O) groups is 2. The molecule has 0 atom stereocenters. The van der Waals surface area contributed by atoms with Crippen LogP contribution < -0.4 is 10.6 Å². The molecule has 0 saturated carbocycles. The second-order valence-corrected chi connectivity index (χ2v) is 5.88. The number of alkyl halides is 3. The van der Waals surface area contributed by atoms with E-state index < -0.39 is 11.7 Å². The Morgan fingerprint density at radius 3 is 2.43 bits per heavy atom. The average Bonchev–Trinajstić information content (AvgIpc) is 2.68. The Morgan fingerprint density at radius 1 is 0.964 bits per heavy atom. The summed E-state index contributed by atoms with van der Waals surface area (Å²) in [4.78, 5) is 23.5. The van der Waals surface area contributed by atoms with Gasteiger partial charge in [-0.3, -0.25) is 9.59 Å². The molecule has 0 spiro atoms. The van der Waals surface area contributed by atoms with Crippen LogP contribution in [0.3, 0.4) is 0 Å². The largest absolute Gasteiger partial charge is 0.416 e. The monoisotopic (exact) mass is 388 g/mol. The number of nitrogens with one attached hydrogen (secondary N) is 2. The van der Waals surface area contributed by atoms with Gasteiger partial charge in [-0.15, -0.1) is 0 Å². The van der Waals surface area contributed by atoms with Gasteiger partial charge in [0.15, 0.2) is 0 Å². The topological polar surface area (TPSA) is 58.2 Å². The van der Waals surface area contributed by atoms with Gasteiger partial charge in [0.1, 0.15) is 0 Å². The number of hydrogen-bond donors (Lipinski definition) is 2. The molecule has 7 heteroatoms. The van der Waals surface area contributed by atoms with Crippen molar-refractivity contribution in [3.05, 3.63) is 71.3 Å². The summed E-state index contributed by atoms with van der Waals surface area (Å²) in [5.74, 6) is 4.77. The summed E-state index contributed by atoms with van der Waals surface area (Å²) in [7, 11) is 0. The van der Waals surface area contributed by atoms with Crippen molar-refractivity contribution in [2.24, 2.45) is 0 Å². The first kappa shape index (κ1) is 21.0. The zero-order valence-corrected chi connectivity index (χ0v) is 15.0. The van der Waals surface area contributed by atoms with Crippen LogP contribution in [0.2, 0.25) is 0 Å². The minimum Gasteiger partial charge on any atom is -0.352 e. The lowest BCUT2D eigenvalue weighted by Crippen LogP contribution is -2.27. The molecule has 0 aliphatic heterocycles. The predicted octanol–water partition coefficient (Wildman–Crippen LogP) is 3.38. The van der Waals surface area contributed by atoms with E-state index in [4.69, 9.17) is 0 Å². The SMILES string of the molecule is O=C(CCCNC(=O)c1ccccc1)NCC#Cc1cccc(C(F)(F)F)c1. The van der Waals surface area contributed by atoms with Crippen LogP contribution in [0.5, 0.6) is 0 Å². The average molecular weight is 388 g/mol. The van der Waals surface area contributed by atoms with Gasteiger partial charge in [-0.2, -0.15) is 13.2 Å². The van der Waals surface area contributed by atoms with Gasteiger partial charge in [0, 0.05) is 24.1 Å². The van der Waals surface area contributed by atoms with Crippen molar-refractivity contribution >= 4 is 11.8 Å². The fourth-order valence-electron chi connectivity index (χ4n) is 2.29. The van der Waals surface area contributed by atoms with E-state index in [0.717, 1.165) is 12.1 Å². The Labute approximate surface area is 161 Å². The van der Waals surface area contributed by atoms with E-state index in [1.165, 1.54) is 12.1 Å². The summed E-state index contributed by atoms with van der Waals surface area (Å²) in [6.45, 7) is 0.391. The Kier molecular flexibility index (Phi) is 7.64. The van der Waals surface area contributed by atoms with Crippen molar-refractivity contribution < 1.29 is 22.8 Å². The highest BCUT2D eigenvalue weighted by Gasteiger charge is 2.30. The molecule has 2 amide bonds. The highest BCUT2D eigenvalue weighted by Crippen LogP contribution is 2.29. The fourth-order valence-corrected chi connectivity index (χ4v) is 2.29. The van der Waals surface area contributed by atoms with Crippen molar-refractivity contribution in [2.75, 3.05) is 13.1 Å². The first-order chi connectivity index (χ1) is 13.4. The zero-order valence-electron chi connectivity index (χ0n) is 15.0. The molecular formula is C21H19F3N2O2. The molecule has 2 aromatic carbocycles. The van der Waals surface area contributed by atoms with Crippen LogP contribution in [0.15, 0.2) is 54.6 Å². The zero-order chi connectivity index (χ0) is 20.4. The minimum absolute atomic E-state index is 0.0332. The van der Waals surface area contributed by atoms with Crippen LogP contribution in [0.4, 0.5) is 13.2 Å². The third-order valence-corrected chi connectivity index (χ3v) is 3.70. The van der Waals surface area contributed by atoms with Crippen molar-refractivity contribution in [2.45, 2.75) is 19.0 Å². The van der Waals surface area contributed by atoms with Crippen molar-refractivity contribution in [1.29, 1.82) is 0 Å². The van der Waals surface area contributed by atoms with E-state index in [2.05, 4.69) is 22.5 Å². The van der Waals surface area contributed by atoms with Gasteiger partial charge in [-0.1, -0.05) is 36.1 Å². The highest BCUT2D eigenvalue weighted by molar-refractivity contribution is 5.94. The number of rotatable bonds is 6. The van der Waals surface area contributed by atoms with Crippen LogP contribution in [-0.4, -0.2) is 24.9 Å². The Hall–Kier alpha value is -3.27. The lowest BCUT2D eigenvalue weighted by molar-refractivity contribution is -0.137. The van der Waals surface area contributed by atoms with Gasteiger partial charge in [0.2, 0.25) is 5.91 Å². The van der Waals surface area contributed by atoms with Crippen molar-refractivity contribution in [1.82, 2.24) is 10.6 Å². The molecule has 2 rings (SSSR count). The van der Waals surface area contributed by atoms with E-state index in [-0.39, 0.29) is 30.3 Å². The molecule has 0 fully saturated rings. The third kappa shape index (κ3) is 7.16. The maximum atomic E-state index is 12.6. The van der Waals surface area contributed by atoms with Gasteiger partial charge in [-0.25, -0.2) is 0 Å². The molecule has 28 heavy (non-hydrogen) atoms. The number of hydrogen-bond acceptors (Lipinski definition) is 2. The molecular weight excluding hydrogens is 369 g/mol. The van der Waals surface area contributed by atoms with Crippen LogP contribution in [-0.2, 0) is 11.0 Å². The van der Waals surface area contributed by atoms with Gasteiger partial charge >= 0.3 is 6.18 Å². The van der Waals surface area contributed by atoms with Gasteiger partial charge in [-0.05, 0) is 36.8 Å². The number of amides is 2. The molecule has 4 nitrogen and oxygen atoms in total. The molecule has 146 valence electrons. The van der Waals surface area contributed by atoms with E-state index in [1.807, 2.05) is 6.07 Å². The molecule has 2 N–H and O–H groups in total. The Bertz CT molecular complexity index is 868. The van der Waals surface area contributed by atoms with Crippen LogP contribution in [0.1, 0.15) is 34.3 Å². The summed E-state index contributed by atoms with van der Waals surface area (Å²) in [6.07, 6.45) is -3.74. The third-order valence-electron chi connectivity index (χ3n) is 3.70. The van der Waals surface area contributed by atoms with E-state index in [0.29, 0.717) is 18.5 Å². The molecule has 0 aliphatic carbocycles. The van der Waals surface area contributed by atoms with Crippen molar-refractivity contribution in [3.63, 3.8) is 0 Å². The van der Waals surface area contributed by atoms with E-state index >= 15 is 0 Å². The summed E-state index contributed by atoms with van der Waals surface area (Å²) < 4.78 is 37.9. The van der Waals surface area contributed by atoms with Gasteiger partial charge < -0.3 is 10.6 Å². The van der Waals surface area contributed by atoms with E-state index in [1.54, 1.807) is 24.3 Å². The molecule has 0 unspecified atom stereocenters. The molecule has 0 saturated heterocycles. The maximum Gasteiger partial charge on any atom is 0.416 e. The molecule has 0 radical (unpaired) electrons. The minimum atomic E-state index is -4.41. The van der Waals surface area contributed by atoms with Crippen LogP contribution in [0, 0.1) is 11.8 Å². The van der Waals surface area contributed by atoms with Gasteiger partial charge in [0.05, 0.1) is 12.1 Å². The van der Waals surface area contributed by atoms with E-state index in [9.17, 15) is 22.8 Å². The normalized spacial score (nSPS) is 10.5. The summed E-state index contributed by atoms with van der Waals surface area (Å²) in [5, 5.41) is 5.29. The predicted molar refractivity (Wildman–Crippen MR) is 99.3 cm³/mol. The summed E-state index contributed by atoms with van der Waals surface area (Å²) in [5.41, 5.74) is 0.0189. The molecule has 2 aromatic rings. The highest BCUT2D eigenvalue weighted by atomic mass is 19.4. The van der Waals surface area contributed by atoms with Crippen molar-refractivity contribution in [3.8, 4) is 11.8 Å². The molecule has 0 heterocycles. The fraction of sp³-hybridized carbons (Fsp3) is 0.238. The Balaban J connectivity index is 1.67. The number of benzene rings is 2. The Morgan fingerprint density at radius 2 is 1.71 bits per heavy atom. The standard InChI is InChI=1S/C21H19F3N2O2/c22-21(23,24)18-11-4-7-16(15-18)8-5-13-25-19(27)12-6-14-26-20(28)17-9-2-1-3-10-17/h1-4,7,9-11,15H,6,12-14H2,(H,25,27)(H,26,28). The van der Waals surface area contributed by atoms with Gasteiger partial charge in [0.25, 0.3) is 5.91 Å².